The standard InChI is InChI=1S/C12H18BrNOS/c1-10-6-8-16-11(10)9-14(2)12(15)5-3-4-7-13/h6,8H,3-5,7,9H2,1-2H3. The highest BCUT2D eigenvalue weighted by atomic mass is 79.9. The molecule has 0 atom stereocenters. The molecule has 1 heterocycles. The van der Waals surface area contributed by atoms with E-state index in [4.69, 9.17) is 0 Å². The first kappa shape index (κ1) is 13.7. The van der Waals surface area contributed by atoms with Crippen molar-refractivity contribution in [1.29, 1.82) is 0 Å². The molecular formula is C12H18BrNOS. The zero-order valence-electron chi connectivity index (χ0n) is 9.83. The summed E-state index contributed by atoms with van der Waals surface area (Å²) < 4.78 is 0. The van der Waals surface area contributed by atoms with Crippen LogP contribution in [-0.2, 0) is 11.3 Å². The van der Waals surface area contributed by atoms with E-state index in [0.717, 1.165) is 24.7 Å². The molecule has 90 valence electrons. The average molecular weight is 304 g/mol. The number of amides is 1. The van der Waals surface area contributed by atoms with E-state index in [0.29, 0.717) is 6.42 Å². The molecule has 16 heavy (non-hydrogen) atoms. The van der Waals surface area contributed by atoms with Crippen LogP contribution in [0.1, 0.15) is 29.7 Å². The van der Waals surface area contributed by atoms with Crippen molar-refractivity contribution >= 4 is 33.2 Å². The maximum atomic E-state index is 11.8. The molecule has 0 aromatic carbocycles. The van der Waals surface area contributed by atoms with Crippen molar-refractivity contribution in [3.05, 3.63) is 21.9 Å². The van der Waals surface area contributed by atoms with Gasteiger partial charge in [-0.15, -0.1) is 11.3 Å². The van der Waals surface area contributed by atoms with Gasteiger partial charge in [-0.1, -0.05) is 15.9 Å². The van der Waals surface area contributed by atoms with Crippen LogP contribution in [0.25, 0.3) is 0 Å². The van der Waals surface area contributed by atoms with Crippen LogP contribution in [0, 0.1) is 6.92 Å². The average Bonchev–Trinajstić information content (AvgIpc) is 2.64. The van der Waals surface area contributed by atoms with Gasteiger partial charge in [0.1, 0.15) is 0 Å². The van der Waals surface area contributed by atoms with Crippen LogP contribution in [0.3, 0.4) is 0 Å². The molecule has 2 nitrogen and oxygen atoms in total. The summed E-state index contributed by atoms with van der Waals surface area (Å²) in [5.74, 6) is 0.244. The number of hydrogen-bond donors (Lipinski definition) is 0. The lowest BCUT2D eigenvalue weighted by Crippen LogP contribution is -2.25. The second-order valence-corrected chi connectivity index (χ2v) is 5.72. The molecule has 0 N–H and O–H groups in total. The maximum absolute atomic E-state index is 11.8. The van der Waals surface area contributed by atoms with Crippen LogP contribution in [0.5, 0.6) is 0 Å². The highest BCUT2D eigenvalue weighted by molar-refractivity contribution is 9.09. The van der Waals surface area contributed by atoms with Crippen molar-refractivity contribution in [1.82, 2.24) is 4.90 Å². The third-order valence-corrected chi connectivity index (χ3v) is 4.12. The molecule has 0 aliphatic heterocycles. The van der Waals surface area contributed by atoms with Gasteiger partial charge in [-0.25, -0.2) is 0 Å². The van der Waals surface area contributed by atoms with Gasteiger partial charge in [0.2, 0.25) is 5.91 Å². The lowest BCUT2D eigenvalue weighted by Gasteiger charge is -2.16. The minimum Gasteiger partial charge on any atom is -0.341 e. The molecule has 0 saturated carbocycles. The number of aryl methyl sites for hydroxylation is 1. The monoisotopic (exact) mass is 303 g/mol. The zero-order chi connectivity index (χ0) is 12.0. The van der Waals surface area contributed by atoms with Gasteiger partial charge in [0.05, 0.1) is 6.54 Å². The Hall–Kier alpha value is -0.350. The highest BCUT2D eigenvalue weighted by Gasteiger charge is 2.10. The summed E-state index contributed by atoms with van der Waals surface area (Å²) in [6.45, 7) is 2.84. The lowest BCUT2D eigenvalue weighted by atomic mass is 10.2. The van der Waals surface area contributed by atoms with Crippen LogP contribution in [0.15, 0.2) is 11.4 Å². The number of unbranched alkanes of at least 4 members (excludes halogenated alkanes) is 1. The summed E-state index contributed by atoms with van der Waals surface area (Å²) in [6, 6.07) is 2.10. The fourth-order valence-corrected chi connectivity index (χ4v) is 2.79. The number of thiophene rings is 1. The van der Waals surface area contributed by atoms with Gasteiger partial charge in [0.25, 0.3) is 0 Å². The molecule has 0 saturated heterocycles. The van der Waals surface area contributed by atoms with Crippen molar-refractivity contribution < 1.29 is 4.79 Å². The minimum atomic E-state index is 0.244. The Labute approximate surface area is 110 Å². The molecule has 4 heteroatoms. The summed E-state index contributed by atoms with van der Waals surface area (Å²) in [5.41, 5.74) is 1.28. The zero-order valence-corrected chi connectivity index (χ0v) is 12.2. The van der Waals surface area contributed by atoms with Crippen molar-refractivity contribution in [2.75, 3.05) is 12.4 Å². The number of carbonyl (C=O) groups excluding carboxylic acids is 1. The highest BCUT2D eigenvalue weighted by Crippen LogP contribution is 2.17. The summed E-state index contributed by atoms with van der Waals surface area (Å²) >= 11 is 5.09. The van der Waals surface area contributed by atoms with Crippen LogP contribution in [0.2, 0.25) is 0 Å². The topological polar surface area (TPSA) is 20.3 Å². The first-order valence-corrected chi connectivity index (χ1v) is 7.48. The molecule has 0 aliphatic rings. The lowest BCUT2D eigenvalue weighted by molar-refractivity contribution is -0.130. The molecule has 1 aromatic heterocycles. The Morgan fingerprint density at radius 3 is 2.81 bits per heavy atom. The van der Waals surface area contributed by atoms with Crippen LogP contribution in [-0.4, -0.2) is 23.2 Å². The minimum absolute atomic E-state index is 0.244. The van der Waals surface area contributed by atoms with Gasteiger partial charge in [0, 0.05) is 23.7 Å². The molecule has 0 bridgehead atoms. The van der Waals surface area contributed by atoms with E-state index < -0.39 is 0 Å². The summed E-state index contributed by atoms with van der Waals surface area (Å²) in [7, 11) is 1.88. The molecular weight excluding hydrogens is 286 g/mol. The predicted molar refractivity (Wildman–Crippen MR) is 73.2 cm³/mol. The number of hydrogen-bond acceptors (Lipinski definition) is 2. The maximum Gasteiger partial charge on any atom is 0.222 e. The molecule has 1 rings (SSSR count). The first-order valence-electron chi connectivity index (χ1n) is 5.48. The predicted octanol–water partition coefficient (Wildman–Crippen LogP) is 3.58. The molecule has 1 amide bonds. The fraction of sp³-hybridized carbons (Fsp3) is 0.583. The van der Waals surface area contributed by atoms with E-state index in [-0.39, 0.29) is 5.91 Å². The molecule has 0 aliphatic carbocycles. The van der Waals surface area contributed by atoms with E-state index in [1.54, 1.807) is 11.3 Å². The number of alkyl halides is 1. The summed E-state index contributed by atoms with van der Waals surface area (Å²) in [6.07, 6.45) is 2.70. The Balaban J connectivity index is 2.37. The van der Waals surface area contributed by atoms with Crippen molar-refractivity contribution in [3.8, 4) is 0 Å². The molecule has 0 radical (unpaired) electrons. The van der Waals surface area contributed by atoms with Crippen molar-refractivity contribution in [2.24, 2.45) is 0 Å². The van der Waals surface area contributed by atoms with E-state index in [1.807, 2.05) is 11.9 Å². The number of rotatable bonds is 6. The van der Waals surface area contributed by atoms with Gasteiger partial charge < -0.3 is 4.90 Å². The SMILES string of the molecule is Cc1ccsc1CN(C)C(=O)CCCCBr. The van der Waals surface area contributed by atoms with Crippen molar-refractivity contribution in [3.63, 3.8) is 0 Å². The smallest absolute Gasteiger partial charge is 0.222 e. The van der Waals surface area contributed by atoms with Gasteiger partial charge in [0.15, 0.2) is 0 Å². The number of nitrogens with zero attached hydrogens (tertiary/aromatic N) is 1. The quantitative estimate of drug-likeness (QED) is 0.581. The van der Waals surface area contributed by atoms with Gasteiger partial charge in [-0.3, -0.25) is 4.79 Å². The van der Waals surface area contributed by atoms with Gasteiger partial charge >= 0.3 is 0 Å². The molecule has 0 spiro atoms. The Morgan fingerprint density at radius 2 is 2.25 bits per heavy atom. The third-order valence-electron chi connectivity index (χ3n) is 2.55. The van der Waals surface area contributed by atoms with Crippen molar-refractivity contribution in [2.45, 2.75) is 32.7 Å². The summed E-state index contributed by atoms with van der Waals surface area (Å²) in [4.78, 5) is 14.9. The largest absolute Gasteiger partial charge is 0.341 e. The third kappa shape index (κ3) is 4.26. The van der Waals surface area contributed by atoms with E-state index in [2.05, 4.69) is 34.3 Å². The second kappa shape index (κ2) is 7.07. The van der Waals surface area contributed by atoms with E-state index in [9.17, 15) is 4.79 Å². The van der Waals surface area contributed by atoms with Gasteiger partial charge in [-0.2, -0.15) is 0 Å². The van der Waals surface area contributed by atoms with Crippen LogP contribution >= 0.6 is 27.3 Å². The Bertz CT molecular complexity index is 338. The van der Waals surface area contributed by atoms with E-state index >= 15 is 0 Å². The molecule has 1 aromatic rings. The first-order chi connectivity index (χ1) is 7.65. The molecule has 0 fully saturated rings. The fourth-order valence-electron chi connectivity index (χ4n) is 1.43. The molecule has 0 unspecified atom stereocenters. The normalized spacial score (nSPS) is 10.4. The number of halogens is 1. The Kier molecular flexibility index (Phi) is 6.06. The second-order valence-electron chi connectivity index (χ2n) is 3.92. The number of carbonyl (C=O) groups is 1. The van der Waals surface area contributed by atoms with E-state index in [1.165, 1.54) is 10.4 Å². The van der Waals surface area contributed by atoms with Gasteiger partial charge in [-0.05, 0) is 36.8 Å². The van der Waals surface area contributed by atoms with Crippen LogP contribution < -0.4 is 0 Å². The Morgan fingerprint density at radius 1 is 1.50 bits per heavy atom. The summed E-state index contributed by atoms with van der Waals surface area (Å²) in [5, 5.41) is 3.06. The van der Waals surface area contributed by atoms with Crippen LogP contribution in [0.4, 0.5) is 0 Å².